The molecule has 7 heteroatoms. The van der Waals surface area contributed by atoms with Gasteiger partial charge in [0, 0.05) is 12.0 Å². The van der Waals surface area contributed by atoms with Crippen molar-refractivity contribution in [3.8, 4) is 0 Å². The number of ether oxygens (including phenoxy) is 1. The molecule has 4 rings (SSSR count). The van der Waals surface area contributed by atoms with Crippen molar-refractivity contribution in [2.45, 2.75) is 25.7 Å². The molecule has 0 atom stereocenters. The Hall–Kier alpha value is -1.96. The maximum absolute atomic E-state index is 12.9. The summed E-state index contributed by atoms with van der Waals surface area (Å²) < 4.78 is 7.52. The Morgan fingerprint density at radius 3 is 2.81 bits per heavy atom. The average Bonchev–Trinajstić information content (AvgIpc) is 3.32. The Bertz CT molecular complexity index is 776. The molecule has 2 aliphatic rings. The molecule has 7 nitrogen and oxygen atoms in total. The van der Waals surface area contributed by atoms with Gasteiger partial charge in [0.2, 0.25) is 5.69 Å². The molecule has 26 heavy (non-hydrogen) atoms. The van der Waals surface area contributed by atoms with Gasteiger partial charge in [-0.15, -0.1) is 4.40 Å². The minimum Gasteiger partial charge on any atom is -0.396 e. The molecule has 0 spiro atoms. The van der Waals surface area contributed by atoms with Crippen LogP contribution in [0.1, 0.15) is 36.2 Å². The van der Waals surface area contributed by atoms with Gasteiger partial charge in [0.25, 0.3) is 5.91 Å². The third-order valence-electron chi connectivity index (χ3n) is 5.88. The molecular weight excluding hydrogens is 332 g/mol. The fraction of sp³-hybridized carbons (Fsp3) is 0.579. The molecule has 3 heterocycles. The summed E-state index contributed by atoms with van der Waals surface area (Å²) >= 11 is 0. The Kier molecular flexibility index (Phi) is 4.93. The number of carbonyl (C=O) groups is 1. The predicted octanol–water partition coefficient (Wildman–Crippen LogP) is -0.417. The number of aromatic nitrogens is 2. The van der Waals surface area contributed by atoms with Crippen molar-refractivity contribution < 1.29 is 23.9 Å². The van der Waals surface area contributed by atoms with Gasteiger partial charge in [0.1, 0.15) is 19.3 Å². The van der Waals surface area contributed by atoms with Crippen LogP contribution < -0.4 is 14.6 Å². The summed E-state index contributed by atoms with van der Waals surface area (Å²) in [6, 6.07) is 5.89. The molecule has 1 aliphatic heterocycles. The zero-order valence-electron chi connectivity index (χ0n) is 15.1. The SMILES string of the molecule is O=C(NCC1(CO)CCCC1)c1[nH]c([NH+]2CCOCC2)[n+]2ccccc12. The lowest BCUT2D eigenvalue weighted by molar-refractivity contribution is -0.889. The third-order valence-corrected chi connectivity index (χ3v) is 5.88. The van der Waals surface area contributed by atoms with Crippen LogP contribution in [0.25, 0.3) is 5.52 Å². The van der Waals surface area contributed by atoms with Gasteiger partial charge in [-0.2, -0.15) is 4.98 Å². The number of hydrogen-bond donors (Lipinski definition) is 4. The van der Waals surface area contributed by atoms with E-state index < -0.39 is 0 Å². The number of hydrogen-bond acceptors (Lipinski definition) is 3. The average molecular weight is 360 g/mol. The lowest BCUT2D eigenvalue weighted by Gasteiger charge is -2.26. The number of imidazole rings is 1. The second kappa shape index (κ2) is 7.34. The summed E-state index contributed by atoms with van der Waals surface area (Å²) in [5.41, 5.74) is 1.32. The van der Waals surface area contributed by atoms with Crippen LogP contribution in [-0.2, 0) is 4.74 Å². The first kappa shape index (κ1) is 17.5. The number of rotatable bonds is 5. The molecule has 0 bridgehead atoms. The maximum Gasteiger partial charge on any atom is 0.457 e. The summed E-state index contributed by atoms with van der Waals surface area (Å²) in [6.45, 7) is 3.88. The van der Waals surface area contributed by atoms with Crippen LogP contribution in [0.3, 0.4) is 0 Å². The molecule has 1 aliphatic carbocycles. The minimum atomic E-state index is -0.149. The molecule has 4 N–H and O–H groups in total. The first-order valence-electron chi connectivity index (χ1n) is 9.57. The first-order chi connectivity index (χ1) is 12.7. The Labute approximate surface area is 153 Å². The smallest absolute Gasteiger partial charge is 0.396 e. The number of aliphatic hydroxyl groups is 1. The molecule has 1 saturated carbocycles. The minimum absolute atomic E-state index is 0.104. The second-order valence-corrected chi connectivity index (χ2v) is 7.57. The third kappa shape index (κ3) is 3.22. The largest absolute Gasteiger partial charge is 0.457 e. The van der Waals surface area contributed by atoms with E-state index in [2.05, 4.69) is 14.7 Å². The van der Waals surface area contributed by atoms with Crippen LogP contribution in [-0.4, -0.2) is 55.5 Å². The molecule has 1 amide bonds. The topological polar surface area (TPSA) is 82.9 Å². The summed E-state index contributed by atoms with van der Waals surface area (Å²) in [6.07, 6.45) is 6.21. The van der Waals surface area contributed by atoms with Crippen LogP contribution in [0.15, 0.2) is 24.4 Å². The fourth-order valence-electron chi connectivity index (χ4n) is 4.24. The lowest BCUT2D eigenvalue weighted by Crippen LogP contribution is -3.11. The number of morpholine rings is 1. The molecule has 2 aromatic rings. The number of nitrogens with zero attached hydrogens (tertiary/aromatic N) is 1. The lowest BCUT2D eigenvalue weighted by atomic mass is 9.87. The van der Waals surface area contributed by atoms with E-state index in [1.54, 1.807) is 0 Å². The van der Waals surface area contributed by atoms with Crippen LogP contribution >= 0.6 is 0 Å². The highest BCUT2D eigenvalue weighted by Crippen LogP contribution is 2.36. The van der Waals surface area contributed by atoms with E-state index in [4.69, 9.17) is 4.74 Å². The number of aliphatic hydroxyl groups excluding tert-OH is 1. The summed E-state index contributed by atoms with van der Waals surface area (Å²) in [7, 11) is 0. The number of pyridine rings is 1. The number of fused-ring (bicyclic) bond motifs is 1. The van der Waals surface area contributed by atoms with E-state index in [1.165, 1.54) is 4.90 Å². The van der Waals surface area contributed by atoms with Crippen LogP contribution in [0.4, 0.5) is 5.95 Å². The predicted molar refractivity (Wildman–Crippen MR) is 95.4 cm³/mol. The summed E-state index contributed by atoms with van der Waals surface area (Å²) in [5.74, 6) is 0.888. The highest BCUT2D eigenvalue weighted by molar-refractivity contribution is 5.98. The number of quaternary nitrogens is 1. The summed E-state index contributed by atoms with van der Waals surface area (Å²) in [4.78, 5) is 17.6. The van der Waals surface area contributed by atoms with Crippen molar-refractivity contribution in [1.82, 2.24) is 10.3 Å². The highest BCUT2D eigenvalue weighted by Gasteiger charge is 2.36. The molecule has 0 unspecified atom stereocenters. The van der Waals surface area contributed by atoms with Crippen molar-refractivity contribution in [2.75, 3.05) is 39.5 Å². The normalized spacial score (nSPS) is 20.5. The van der Waals surface area contributed by atoms with E-state index in [0.29, 0.717) is 12.2 Å². The maximum atomic E-state index is 12.9. The number of H-pyrrole nitrogens is 1. The van der Waals surface area contributed by atoms with Crippen LogP contribution in [0.5, 0.6) is 0 Å². The van der Waals surface area contributed by atoms with E-state index in [-0.39, 0.29) is 17.9 Å². The molecule has 1 saturated heterocycles. The van der Waals surface area contributed by atoms with Gasteiger partial charge in [-0.25, -0.2) is 4.90 Å². The monoisotopic (exact) mass is 360 g/mol. The van der Waals surface area contributed by atoms with Crippen LogP contribution in [0, 0.1) is 5.41 Å². The van der Waals surface area contributed by atoms with Crippen molar-refractivity contribution >= 4 is 17.4 Å². The van der Waals surface area contributed by atoms with Crippen molar-refractivity contribution in [1.29, 1.82) is 0 Å². The Balaban J connectivity index is 1.58. The zero-order chi connectivity index (χ0) is 18.0. The Morgan fingerprint density at radius 2 is 2.08 bits per heavy atom. The van der Waals surface area contributed by atoms with Crippen molar-refractivity contribution in [3.63, 3.8) is 0 Å². The van der Waals surface area contributed by atoms with Gasteiger partial charge < -0.3 is 15.2 Å². The van der Waals surface area contributed by atoms with E-state index in [9.17, 15) is 9.90 Å². The molecule has 2 aromatic heterocycles. The van der Waals surface area contributed by atoms with Crippen LogP contribution in [0.2, 0.25) is 0 Å². The van der Waals surface area contributed by atoms with Gasteiger partial charge in [-0.3, -0.25) is 4.79 Å². The standard InChI is InChI=1S/C19H26N4O3/c24-14-19(6-2-3-7-19)13-20-17(25)16-15-5-1-4-8-23(15)18(21-16)22-9-11-26-12-10-22/h1,4-5,8,24H,2-3,6-7,9-14H2,(H,20,25)/p+2. The molecule has 2 fully saturated rings. The second-order valence-electron chi connectivity index (χ2n) is 7.57. The van der Waals surface area contributed by atoms with Crippen molar-refractivity contribution in [2.24, 2.45) is 5.41 Å². The van der Waals surface area contributed by atoms with Gasteiger partial charge >= 0.3 is 5.95 Å². The Morgan fingerprint density at radius 1 is 1.31 bits per heavy atom. The molecule has 0 aromatic carbocycles. The number of aromatic amines is 1. The highest BCUT2D eigenvalue weighted by atomic mass is 16.5. The first-order valence-corrected chi connectivity index (χ1v) is 9.57. The van der Waals surface area contributed by atoms with E-state index in [1.807, 2.05) is 24.4 Å². The van der Waals surface area contributed by atoms with E-state index in [0.717, 1.165) is 63.5 Å². The number of amides is 1. The number of carbonyl (C=O) groups excluding carboxylic acids is 1. The number of nitrogens with one attached hydrogen (secondary N) is 3. The van der Waals surface area contributed by atoms with E-state index >= 15 is 0 Å². The molecular formula is C19H28N4O3+2. The summed E-state index contributed by atoms with van der Waals surface area (Å²) in [5, 5.41) is 12.8. The van der Waals surface area contributed by atoms with Gasteiger partial charge in [-0.05, 0) is 25.0 Å². The molecule has 140 valence electrons. The van der Waals surface area contributed by atoms with Gasteiger partial charge in [0.15, 0.2) is 5.52 Å². The quantitative estimate of drug-likeness (QED) is 0.547. The van der Waals surface area contributed by atoms with Crippen molar-refractivity contribution in [3.05, 3.63) is 30.1 Å². The molecule has 0 radical (unpaired) electrons. The van der Waals surface area contributed by atoms with Gasteiger partial charge in [0.05, 0.1) is 19.8 Å². The van der Waals surface area contributed by atoms with Gasteiger partial charge in [-0.1, -0.05) is 18.9 Å². The fourth-order valence-corrected chi connectivity index (χ4v) is 4.24. The zero-order valence-corrected chi connectivity index (χ0v) is 15.1.